The Morgan fingerprint density at radius 2 is 2.07 bits per heavy atom. The molecular formula is C10H19N3O2. The maximum absolute atomic E-state index is 11.3. The topological polar surface area (TPSA) is 98.2 Å². The van der Waals surface area contributed by atoms with Crippen LogP contribution in [0.25, 0.3) is 0 Å². The first-order valence-electron chi connectivity index (χ1n) is 5.41. The molecule has 1 atom stereocenters. The average Bonchev–Trinajstić information content (AvgIpc) is 2.07. The standard InChI is InChI=1S/C10H19N3O2/c11-8(6-9(12)14)10(15)13-5-4-7-2-1-3-7/h7-8H,1-6,11H2,(H2,12,14)(H,13,15). The summed E-state index contributed by atoms with van der Waals surface area (Å²) in [5.74, 6) is -0.0672. The fourth-order valence-corrected chi connectivity index (χ4v) is 1.62. The molecule has 86 valence electrons. The molecule has 0 aromatic carbocycles. The predicted molar refractivity (Wildman–Crippen MR) is 56.8 cm³/mol. The molecule has 2 amide bonds. The minimum atomic E-state index is -0.802. The molecule has 1 aliphatic carbocycles. The summed E-state index contributed by atoms with van der Waals surface area (Å²) in [5.41, 5.74) is 10.4. The summed E-state index contributed by atoms with van der Waals surface area (Å²) in [6.45, 7) is 0.649. The van der Waals surface area contributed by atoms with Gasteiger partial charge in [-0.05, 0) is 12.3 Å². The van der Waals surface area contributed by atoms with Gasteiger partial charge in [-0.1, -0.05) is 19.3 Å². The number of primary amides is 1. The van der Waals surface area contributed by atoms with Crippen LogP contribution in [0.5, 0.6) is 0 Å². The minimum absolute atomic E-state index is 0.0880. The molecule has 0 aliphatic heterocycles. The van der Waals surface area contributed by atoms with E-state index in [1.54, 1.807) is 0 Å². The number of amides is 2. The van der Waals surface area contributed by atoms with Gasteiger partial charge in [0.05, 0.1) is 12.5 Å². The molecule has 0 aromatic heterocycles. The van der Waals surface area contributed by atoms with E-state index >= 15 is 0 Å². The number of carbonyl (C=O) groups excluding carboxylic acids is 2. The molecule has 5 heteroatoms. The van der Waals surface area contributed by atoms with E-state index in [4.69, 9.17) is 11.5 Å². The monoisotopic (exact) mass is 213 g/mol. The fraction of sp³-hybridized carbons (Fsp3) is 0.800. The van der Waals surface area contributed by atoms with Crippen LogP contribution in [0.3, 0.4) is 0 Å². The van der Waals surface area contributed by atoms with Crippen LogP contribution in [0.1, 0.15) is 32.1 Å². The van der Waals surface area contributed by atoms with Crippen LogP contribution in [0, 0.1) is 5.92 Å². The quantitative estimate of drug-likeness (QED) is 0.554. The first-order chi connectivity index (χ1) is 7.09. The first kappa shape index (κ1) is 12.0. The molecule has 0 saturated heterocycles. The Morgan fingerprint density at radius 3 is 2.53 bits per heavy atom. The highest BCUT2D eigenvalue weighted by molar-refractivity contribution is 5.87. The van der Waals surface area contributed by atoms with Crippen molar-refractivity contribution in [2.24, 2.45) is 17.4 Å². The Bertz CT molecular complexity index is 239. The lowest BCUT2D eigenvalue weighted by molar-refractivity contribution is -0.126. The third-order valence-electron chi connectivity index (χ3n) is 2.83. The molecule has 1 fully saturated rings. The third kappa shape index (κ3) is 4.29. The molecule has 1 rings (SSSR count). The molecule has 0 heterocycles. The Kier molecular flexibility index (Phi) is 4.55. The SMILES string of the molecule is NC(=O)CC(N)C(=O)NCCC1CCC1. The largest absolute Gasteiger partial charge is 0.370 e. The molecule has 0 radical (unpaired) electrons. The Morgan fingerprint density at radius 1 is 1.40 bits per heavy atom. The molecule has 5 N–H and O–H groups in total. The molecular weight excluding hydrogens is 194 g/mol. The molecule has 1 aliphatic rings. The number of rotatable bonds is 6. The minimum Gasteiger partial charge on any atom is -0.370 e. The first-order valence-corrected chi connectivity index (χ1v) is 5.41. The van der Waals surface area contributed by atoms with Crippen LogP contribution >= 0.6 is 0 Å². The van der Waals surface area contributed by atoms with E-state index in [-0.39, 0.29) is 12.3 Å². The lowest BCUT2D eigenvalue weighted by Crippen LogP contribution is -2.43. The molecule has 0 spiro atoms. The van der Waals surface area contributed by atoms with Crippen molar-refractivity contribution in [3.8, 4) is 0 Å². The summed E-state index contributed by atoms with van der Waals surface area (Å²) in [7, 11) is 0. The van der Waals surface area contributed by atoms with E-state index in [9.17, 15) is 9.59 Å². The summed E-state index contributed by atoms with van der Waals surface area (Å²) < 4.78 is 0. The maximum Gasteiger partial charge on any atom is 0.237 e. The van der Waals surface area contributed by atoms with Gasteiger partial charge in [0.15, 0.2) is 0 Å². The van der Waals surface area contributed by atoms with Gasteiger partial charge < -0.3 is 16.8 Å². The summed E-state index contributed by atoms with van der Waals surface area (Å²) >= 11 is 0. The summed E-state index contributed by atoms with van der Waals surface area (Å²) in [5, 5.41) is 2.72. The van der Waals surface area contributed by atoms with Crippen molar-refractivity contribution in [2.75, 3.05) is 6.54 Å². The van der Waals surface area contributed by atoms with Gasteiger partial charge >= 0.3 is 0 Å². The number of carbonyl (C=O) groups is 2. The molecule has 5 nitrogen and oxygen atoms in total. The Labute approximate surface area is 89.6 Å². The Hall–Kier alpha value is -1.10. The highest BCUT2D eigenvalue weighted by Crippen LogP contribution is 2.28. The molecule has 0 aromatic rings. The second-order valence-corrected chi connectivity index (χ2v) is 4.15. The molecule has 1 saturated carbocycles. The van der Waals surface area contributed by atoms with Crippen LogP contribution in [0.2, 0.25) is 0 Å². The van der Waals surface area contributed by atoms with Crippen LogP contribution in [-0.4, -0.2) is 24.4 Å². The van der Waals surface area contributed by atoms with E-state index in [1.165, 1.54) is 19.3 Å². The van der Waals surface area contributed by atoms with Gasteiger partial charge in [-0.25, -0.2) is 0 Å². The molecule has 0 bridgehead atoms. The number of nitrogens with two attached hydrogens (primary N) is 2. The Balaban J connectivity index is 2.08. The van der Waals surface area contributed by atoms with Crippen LogP contribution in [0.4, 0.5) is 0 Å². The van der Waals surface area contributed by atoms with Crippen molar-refractivity contribution in [3.63, 3.8) is 0 Å². The lowest BCUT2D eigenvalue weighted by atomic mass is 9.83. The van der Waals surface area contributed by atoms with E-state index in [1.807, 2.05) is 0 Å². The lowest BCUT2D eigenvalue weighted by Gasteiger charge is -2.25. The second-order valence-electron chi connectivity index (χ2n) is 4.15. The van der Waals surface area contributed by atoms with Crippen molar-refractivity contribution in [2.45, 2.75) is 38.1 Å². The highest BCUT2D eigenvalue weighted by Gasteiger charge is 2.19. The third-order valence-corrected chi connectivity index (χ3v) is 2.83. The second kappa shape index (κ2) is 5.70. The van der Waals surface area contributed by atoms with Crippen molar-refractivity contribution in [3.05, 3.63) is 0 Å². The summed E-state index contributed by atoms with van der Waals surface area (Å²) in [6, 6.07) is -0.802. The van der Waals surface area contributed by atoms with E-state index in [2.05, 4.69) is 5.32 Å². The predicted octanol–water partition coefficient (Wildman–Crippen LogP) is -0.505. The summed E-state index contributed by atoms with van der Waals surface area (Å²) in [6.07, 6.45) is 4.76. The zero-order valence-corrected chi connectivity index (χ0v) is 8.87. The van der Waals surface area contributed by atoms with E-state index in [0.717, 1.165) is 12.3 Å². The van der Waals surface area contributed by atoms with Gasteiger partial charge in [-0.2, -0.15) is 0 Å². The van der Waals surface area contributed by atoms with Crippen molar-refractivity contribution in [1.29, 1.82) is 0 Å². The fourth-order valence-electron chi connectivity index (χ4n) is 1.62. The van der Waals surface area contributed by atoms with Crippen molar-refractivity contribution < 1.29 is 9.59 Å². The zero-order valence-electron chi connectivity index (χ0n) is 8.87. The maximum atomic E-state index is 11.3. The van der Waals surface area contributed by atoms with Gasteiger partial charge in [0.25, 0.3) is 0 Å². The number of hydrogen-bond acceptors (Lipinski definition) is 3. The van der Waals surface area contributed by atoms with Crippen LogP contribution in [0.15, 0.2) is 0 Å². The molecule has 1 unspecified atom stereocenters. The van der Waals surface area contributed by atoms with Gasteiger partial charge in [0, 0.05) is 6.54 Å². The summed E-state index contributed by atoms with van der Waals surface area (Å²) in [4.78, 5) is 21.8. The van der Waals surface area contributed by atoms with Gasteiger partial charge in [0.2, 0.25) is 11.8 Å². The smallest absolute Gasteiger partial charge is 0.237 e. The van der Waals surface area contributed by atoms with Crippen LogP contribution in [-0.2, 0) is 9.59 Å². The zero-order chi connectivity index (χ0) is 11.3. The number of nitrogens with one attached hydrogen (secondary N) is 1. The molecule has 15 heavy (non-hydrogen) atoms. The van der Waals surface area contributed by atoms with Crippen LogP contribution < -0.4 is 16.8 Å². The number of hydrogen-bond donors (Lipinski definition) is 3. The average molecular weight is 213 g/mol. The highest BCUT2D eigenvalue weighted by atomic mass is 16.2. The van der Waals surface area contributed by atoms with Crippen molar-refractivity contribution >= 4 is 11.8 Å². The van der Waals surface area contributed by atoms with Gasteiger partial charge in [0.1, 0.15) is 0 Å². The van der Waals surface area contributed by atoms with Gasteiger partial charge in [-0.15, -0.1) is 0 Å². The van der Waals surface area contributed by atoms with Crippen molar-refractivity contribution in [1.82, 2.24) is 5.32 Å². The van der Waals surface area contributed by atoms with E-state index < -0.39 is 11.9 Å². The normalized spacial score (nSPS) is 17.9. The van der Waals surface area contributed by atoms with E-state index in [0.29, 0.717) is 6.54 Å². The van der Waals surface area contributed by atoms with Gasteiger partial charge in [-0.3, -0.25) is 9.59 Å².